The summed E-state index contributed by atoms with van der Waals surface area (Å²) in [6.07, 6.45) is 1.71. The van der Waals surface area contributed by atoms with Gasteiger partial charge in [-0.1, -0.05) is 59.3 Å². The Morgan fingerprint density at radius 2 is 1.44 bits per heavy atom. The van der Waals surface area contributed by atoms with Crippen LogP contribution < -0.4 is 4.74 Å². The number of rotatable bonds is 8. The van der Waals surface area contributed by atoms with E-state index in [9.17, 15) is 0 Å². The second-order valence-electron chi connectivity index (χ2n) is 9.73. The van der Waals surface area contributed by atoms with E-state index in [4.69, 9.17) is 4.74 Å². The van der Waals surface area contributed by atoms with Gasteiger partial charge in [-0.25, -0.2) is 4.68 Å². The summed E-state index contributed by atoms with van der Waals surface area (Å²) in [6, 6.07) is 25.6. The summed E-state index contributed by atoms with van der Waals surface area (Å²) in [6.45, 7) is 7.62. The first-order valence-electron chi connectivity index (χ1n) is 12.7. The van der Waals surface area contributed by atoms with Crippen LogP contribution in [0.4, 0.5) is 0 Å². The molecule has 6 heteroatoms. The van der Waals surface area contributed by atoms with Gasteiger partial charge in [0.05, 0.1) is 24.2 Å². The molecule has 4 aromatic rings. The third kappa shape index (κ3) is 5.66. The van der Waals surface area contributed by atoms with E-state index < -0.39 is 0 Å². The van der Waals surface area contributed by atoms with Crippen molar-refractivity contribution in [2.24, 2.45) is 0 Å². The van der Waals surface area contributed by atoms with Gasteiger partial charge in [-0.3, -0.25) is 0 Å². The second-order valence-corrected chi connectivity index (χ2v) is 9.73. The van der Waals surface area contributed by atoms with Crippen molar-refractivity contribution < 1.29 is 4.74 Å². The Bertz CT molecular complexity index is 1250. The molecule has 36 heavy (non-hydrogen) atoms. The first-order valence-corrected chi connectivity index (χ1v) is 12.7. The number of benzene rings is 3. The molecule has 0 atom stereocenters. The highest BCUT2D eigenvalue weighted by molar-refractivity contribution is 5.64. The maximum atomic E-state index is 5.29. The summed E-state index contributed by atoms with van der Waals surface area (Å²) in [7, 11) is 3.89. The molecular weight excluding hydrogens is 446 g/mol. The molecule has 1 aromatic heterocycles. The van der Waals surface area contributed by atoms with Crippen LogP contribution in [0.15, 0.2) is 72.8 Å². The average Bonchev–Trinajstić information content (AvgIpc) is 3.31. The Kier molecular flexibility index (Phi) is 7.44. The summed E-state index contributed by atoms with van der Waals surface area (Å²) >= 11 is 0. The first-order chi connectivity index (χ1) is 17.6. The molecule has 1 saturated heterocycles. The van der Waals surface area contributed by atoms with Crippen LogP contribution in [-0.2, 0) is 12.8 Å². The number of hydrogen-bond donors (Lipinski definition) is 0. The maximum Gasteiger partial charge on any atom is 0.118 e. The first kappa shape index (κ1) is 24.2. The van der Waals surface area contributed by atoms with Gasteiger partial charge in [0.2, 0.25) is 0 Å². The Morgan fingerprint density at radius 1 is 0.806 bits per heavy atom. The molecule has 1 fully saturated rings. The van der Waals surface area contributed by atoms with Crippen molar-refractivity contribution in [3.05, 3.63) is 95.3 Å². The minimum absolute atomic E-state index is 0.793. The topological polar surface area (TPSA) is 46.4 Å². The third-order valence-electron chi connectivity index (χ3n) is 7.13. The fourth-order valence-electron chi connectivity index (χ4n) is 4.72. The van der Waals surface area contributed by atoms with Gasteiger partial charge >= 0.3 is 0 Å². The van der Waals surface area contributed by atoms with Crippen LogP contribution in [0.2, 0.25) is 0 Å². The molecule has 0 bridgehead atoms. The van der Waals surface area contributed by atoms with Crippen molar-refractivity contribution in [2.45, 2.75) is 19.8 Å². The SMILES string of the molecule is COc1ccc(-c2ccc(Cc3c(CCN4CCN(C)CC4)nnn3-c3ccc(C)cc3)cc2)cc1. The largest absolute Gasteiger partial charge is 0.497 e. The van der Waals surface area contributed by atoms with Crippen LogP contribution in [0.1, 0.15) is 22.5 Å². The van der Waals surface area contributed by atoms with E-state index in [1.165, 1.54) is 27.9 Å². The van der Waals surface area contributed by atoms with Crippen LogP contribution in [0.25, 0.3) is 16.8 Å². The van der Waals surface area contributed by atoms with Crippen molar-refractivity contribution in [1.82, 2.24) is 24.8 Å². The van der Waals surface area contributed by atoms with Gasteiger partial charge in [-0.2, -0.15) is 0 Å². The van der Waals surface area contributed by atoms with Crippen molar-refractivity contribution in [2.75, 3.05) is 46.9 Å². The summed E-state index contributed by atoms with van der Waals surface area (Å²) in [5.41, 5.74) is 8.19. The van der Waals surface area contributed by atoms with Crippen LogP contribution in [-0.4, -0.2) is 71.7 Å². The molecular formula is C30H35N5O. The number of aryl methyl sites for hydroxylation is 1. The molecule has 1 aliphatic heterocycles. The molecule has 0 N–H and O–H groups in total. The summed E-state index contributed by atoms with van der Waals surface area (Å²) < 4.78 is 7.32. The number of hydrogen-bond acceptors (Lipinski definition) is 5. The quantitative estimate of drug-likeness (QED) is 0.367. The highest BCUT2D eigenvalue weighted by Gasteiger charge is 2.18. The lowest BCUT2D eigenvalue weighted by atomic mass is 10.0. The smallest absolute Gasteiger partial charge is 0.118 e. The fourth-order valence-corrected chi connectivity index (χ4v) is 4.72. The molecule has 186 valence electrons. The Morgan fingerprint density at radius 3 is 2.08 bits per heavy atom. The number of methoxy groups -OCH3 is 1. The number of piperazine rings is 1. The lowest BCUT2D eigenvalue weighted by molar-refractivity contribution is 0.155. The molecule has 0 amide bonds. The van der Waals surface area contributed by atoms with Crippen LogP contribution in [0, 0.1) is 6.92 Å². The molecule has 3 aromatic carbocycles. The second kappa shape index (κ2) is 11.1. The molecule has 0 saturated carbocycles. The van der Waals surface area contributed by atoms with Crippen LogP contribution >= 0.6 is 0 Å². The van der Waals surface area contributed by atoms with E-state index in [-0.39, 0.29) is 0 Å². The molecule has 0 radical (unpaired) electrons. The molecule has 5 rings (SSSR count). The van der Waals surface area contributed by atoms with Gasteiger partial charge < -0.3 is 14.5 Å². The molecule has 1 aliphatic rings. The zero-order valence-electron chi connectivity index (χ0n) is 21.5. The molecule has 6 nitrogen and oxygen atoms in total. The summed E-state index contributed by atoms with van der Waals surface area (Å²) in [5, 5.41) is 9.25. The molecule has 0 spiro atoms. The van der Waals surface area contributed by atoms with Gasteiger partial charge in [0.25, 0.3) is 0 Å². The van der Waals surface area contributed by atoms with Crippen molar-refractivity contribution in [1.29, 1.82) is 0 Å². The van der Waals surface area contributed by atoms with Gasteiger partial charge in [-0.05, 0) is 54.9 Å². The monoisotopic (exact) mass is 481 g/mol. The lowest BCUT2D eigenvalue weighted by Gasteiger charge is -2.32. The molecule has 2 heterocycles. The van der Waals surface area contributed by atoms with Gasteiger partial charge in [0.15, 0.2) is 0 Å². The van der Waals surface area contributed by atoms with Gasteiger partial charge in [0, 0.05) is 45.6 Å². The zero-order valence-corrected chi connectivity index (χ0v) is 21.5. The predicted octanol–water partition coefficient (Wildman–Crippen LogP) is 4.63. The van der Waals surface area contributed by atoms with E-state index in [2.05, 4.69) is 94.7 Å². The van der Waals surface area contributed by atoms with E-state index in [1.54, 1.807) is 7.11 Å². The van der Waals surface area contributed by atoms with Crippen molar-refractivity contribution in [3.63, 3.8) is 0 Å². The van der Waals surface area contributed by atoms with Crippen molar-refractivity contribution >= 4 is 0 Å². The Hall–Kier alpha value is -3.48. The average molecular weight is 482 g/mol. The fraction of sp³-hybridized carbons (Fsp3) is 0.333. The van der Waals surface area contributed by atoms with E-state index in [0.29, 0.717) is 0 Å². The number of nitrogens with zero attached hydrogens (tertiary/aromatic N) is 5. The van der Waals surface area contributed by atoms with Gasteiger partial charge in [-0.15, -0.1) is 5.10 Å². The van der Waals surface area contributed by atoms with E-state index in [0.717, 1.165) is 62.7 Å². The van der Waals surface area contributed by atoms with Crippen molar-refractivity contribution in [3.8, 4) is 22.6 Å². The van der Waals surface area contributed by atoms with Crippen LogP contribution in [0.5, 0.6) is 5.75 Å². The Balaban J connectivity index is 1.37. The standard InChI is InChI=1S/C30H35N5O/c1-23-4-12-27(13-5-23)35-30(29(31-32-35)16-17-34-20-18-33(2)19-21-34)22-24-6-8-25(9-7-24)26-10-14-28(36-3)15-11-26/h4-15H,16-22H2,1-3H3. The predicted molar refractivity (Wildman–Crippen MR) is 145 cm³/mol. The summed E-state index contributed by atoms with van der Waals surface area (Å²) in [5.74, 6) is 0.872. The maximum absolute atomic E-state index is 5.29. The Labute approximate surface area is 214 Å². The molecule has 0 unspecified atom stereocenters. The third-order valence-corrected chi connectivity index (χ3v) is 7.13. The highest BCUT2D eigenvalue weighted by Crippen LogP contribution is 2.24. The number of ether oxygens (including phenoxy) is 1. The van der Waals surface area contributed by atoms with Gasteiger partial charge in [0.1, 0.15) is 5.75 Å². The normalized spacial score (nSPS) is 14.8. The van der Waals surface area contributed by atoms with Crippen LogP contribution in [0.3, 0.4) is 0 Å². The minimum Gasteiger partial charge on any atom is -0.497 e. The van der Waals surface area contributed by atoms with E-state index >= 15 is 0 Å². The van der Waals surface area contributed by atoms with E-state index in [1.807, 2.05) is 16.8 Å². The molecule has 0 aliphatic carbocycles. The lowest BCUT2D eigenvalue weighted by Crippen LogP contribution is -2.45. The highest BCUT2D eigenvalue weighted by atomic mass is 16.5. The zero-order chi connectivity index (χ0) is 24.9. The number of aromatic nitrogens is 3. The minimum atomic E-state index is 0.793. The number of likely N-dealkylation sites (N-methyl/N-ethyl adjacent to an activating group) is 1. The summed E-state index contributed by atoms with van der Waals surface area (Å²) in [4.78, 5) is 4.93.